The van der Waals surface area contributed by atoms with Crippen molar-refractivity contribution in [1.29, 1.82) is 0 Å². The summed E-state index contributed by atoms with van der Waals surface area (Å²) < 4.78 is 38.9. The largest absolute Gasteiger partial charge is 0.572 e. The fraction of sp³-hybridized carbons (Fsp3) is 0.300. The summed E-state index contributed by atoms with van der Waals surface area (Å²) in [6.07, 6.45) is -1.56. The molecule has 0 aliphatic rings. The average molecular weight is 251 g/mol. The lowest BCUT2D eigenvalue weighted by Gasteiger charge is -2.09. The number of carbonyl (C=O) groups is 1. The highest BCUT2D eigenvalue weighted by Crippen LogP contribution is 2.20. The van der Waals surface area contributed by atoms with Gasteiger partial charge in [-0.2, -0.15) is 0 Å². The Morgan fingerprint density at radius 3 is 2.35 bits per heavy atom. The van der Waals surface area contributed by atoms with Gasteiger partial charge in [0.1, 0.15) is 11.8 Å². The number of allylic oxidation sites excluding steroid dienone is 3. The smallest absolute Gasteiger partial charge is 0.480 e. The number of rotatable bonds is 5. The topological polar surface area (TPSA) is 72.5 Å². The van der Waals surface area contributed by atoms with Gasteiger partial charge in [0, 0.05) is 0 Å². The monoisotopic (exact) mass is 251 g/mol. The zero-order valence-corrected chi connectivity index (χ0v) is 8.99. The van der Waals surface area contributed by atoms with Gasteiger partial charge in [-0.05, 0) is 18.6 Å². The van der Waals surface area contributed by atoms with Gasteiger partial charge in [-0.1, -0.05) is 18.7 Å². The summed E-state index contributed by atoms with van der Waals surface area (Å²) >= 11 is 0. The number of ether oxygens (including phenoxy) is 1. The van der Waals surface area contributed by atoms with Crippen LogP contribution < -0.4 is 5.73 Å². The number of halogens is 3. The summed E-state index contributed by atoms with van der Waals surface area (Å²) in [5.74, 6) is -1.74. The summed E-state index contributed by atoms with van der Waals surface area (Å²) in [6.45, 7) is 4.39. The Bertz CT molecular complexity index is 358. The molecule has 3 N–H and O–H groups in total. The summed E-state index contributed by atoms with van der Waals surface area (Å²) in [5.41, 5.74) is 5.33. The molecule has 0 aliphatic heterocycles. The van der Waals surface area contributed by atoms with Crippen molar-refractivity contribution >= 4 is 5.97 Å². The number of carboxylic acids is 1. The minimum absolute atomic E-state index is 0.0719. The van der Waals surface area contributed by atoms with Crippen LogP contribution in [0.1, 0.15) is 6.92 Å². The molecule has 17 heavy (non-hydrogen) atoms. The summed E-state index contributed by atoms with van der Waals surface area (Å²) in [7, 11) is 0. The van der Waals surface area contributed by atoms with Gasteiger partial charge in [0.15, 0.2) is 0 Å². The number of aliphatic carboxylic acids is 1. The van der Waals surface area contributed by atoms with Crippen LogP contribution in [0.2, 0.25) is 0 Å². The first-order valence-corrected chi connectivity index (χ1v) is 4.42. The number of hydrogen-bond acceptors (Lipinski definition) is 3. The molecule has 1 unspecified atom stereocenters. The second-order valence-electron chi connectivity index (χ2n) is 3.01. The normalized spacial score (nSPS) is 15.4. The second kappa shape index (κ2) is 6.09. The maximum atomic E-state index is 11.8. The lowest BCUT2D eigenvalue weighted by Crippen LogP contribution is -2.31. The van der Waals surface area contributed by atoms with E-state index in [-0.39, 0.29) is 5.57 Å². The van der Waals surface area contributed by atoms with Crippen molar-refractivity contribution in [1.82, 2.24) is 0 Å². The molecular formula is C10H12F3NO3. The summed E-state index contributed by atoms with van der Waals surface area (Å²) in [6, 6.07) is -1.34. The molecule has 0 spiro atoms. The molecule has 0 aromatic carbocycles. The Labute approximate surface area is 95.9 Å². The molecule has 4 nitrogen and oxygen atoms in total. The lowest BCUT2D eigenvalue weighted by atomic mass is 10.1. The lowest BCUT2D eigenvalue weighted by molar-refractivity contribution is -0.305. The number of hydrogen-bond donors (Lipinski definition) is 2. The van der Waals surface area contributed by atoms with E-state index >= 15 is 0 Å². The minimum atomic E-state index is -4.78. The molecule has 0 fully saturated rings. The van der Waals surface area contributed by atoms with Crippen LogP contribution in [0.5, 0.6) is 0 Å². The van der Waals surface area contributed by atoms with Crippen LogP contribution in [0, 0.1) is 0 Å². The quantitative estimate of drug-likeness (QED) is 0.578. The van der Waals surface area contributed by atoms with Crippen molar-refractivity contribution in [3.05, 3.63) is 36.1 Å². The highest BCUT2D eigenvalue weighted by atomic mass is 19.4. The first-order valence-electron chi connectivity index (χ1n) is 4.42. The van der Waals surface area contributed by atoms with Gasteiger partial charge in [0.2, 0.25) is 0 Å². The maximum absolute atomic E-state index is 11.8. The zero-order chi connectivity index (χ0) is 13.6. The van der Waals surface area contributed by atoms with Crippen LogP contribution in [0.15, 0.2) is 36.1 Å². The van der Waals surface area contributed by atoms with Crippen molar-refractivity contribution < 1.29 is 27.8 Å². The maximum Gasteiger partial charge on any atom is 0.572 e. The molecule has 0 amide bonds. The van der Waals surface area contributed by atoms with Gasteiger partial charge in [-0.3, -0.25) is 4.79 Å². The van der Waals surface area contributed by atoms with E-state index in [9.17, 15) is 18.0 Å². The first kappa shape index (κ1) is 15.2. The molecule has 0 heterocycles. The van der Waals surface area contributed by atoms with E-state index in [1.54, 1.807) is 0 Å². The van der Waals surface area contributed by atoms with E-state index in [0.717, 1.165) is 25.2 Å². The Kier molecular flexibility index (Phi) is 5.46. The Balaban J connectivity index is 4.82. The fourth-order valence-electron chi connectivity index (χ4n) is 0.871. The number of nitrogens with two attached hydrogens (primary N) is 1. The van der Waals surface area contributed by atoms with Gasteiger partial charge < -0.3 is 15.6 Å². The third-order valence-electron chi connectivity index (χ3n) is 1.65. The Hall–Kier alpha value is -1.76. The van der Waals surface area contributed by atoms with Crippen molar-refractivity contribution in [2.24, 2.45) is 5.73 Å². The van der Waals surface area contributed by atoms with Gasteiger partial charge in [-0.25, -0.2) is 0 Å². The predicted molar refractivity (Wildman–Crippen MR) is 54.8 cm³/mol. The Morgan fingerprint density at radius 2 is 2.00 bits per heavy atom. The van der Waals surface area contributed by atoms with Gasteiger partial charge >= 0.3 is 12.3 Å². The molecule has 0 rings (SSSR count). The molecule has 0 aromatic rings. The SMILES string of the molecule is C=C/C(=C\C=C(/C)OC(F)(F)F)C(N)C(=O)O. The standard InChI is InChI=1S/C10H12F3NO3/c1-3-7(8(14)9(15)16)5-4-6(2)17-10(11,12)13/h3-5,8H,1,14H2,2H3,(H,15,16)/b6-4+,7-5+. The van der Waals surface area contributed by atoms with E-state index in [1.165, 1.54) is 0 Å². The van der Waals surface area contributed by atoms with Gasteiger partial charge in [0.25, 0.3) is 0 Å². The second-order valence-corrected chi connectivity index (χ2v) is 3.01. The Morgan fingerprint density at radius 1 is 1.47 bits per heavy atom. The average Bonchev–Trinajstić information content (AvgIpc) is 2.15. The molecular weight excluding hydrogens is 239 g/mol. The minimum Gasteiger partial charge on any atom is -0.480 e. The number of carboxylic acid groups (broad SMARTS) is 1. The zero-order valence-electron chi connectivity index (χ0n) is 8.99. The third kappa shape index (κ3) is 6.41. The molecule has 0 radical (unpaired) electrons. The van der Waals surface area contributed by atoms with Crippen molar-refractivity contribution in [3.63, 3.8) is 0 Å². The van der Waals surface area contributed by atoms with E-state index < -0.39 is 24.1 Å². The van der Waals surface area contributed by atoms with Crippen LogP contribution in [0.25, 0.3) is 0 Å². The van der Waals surface area contributed by atoms with E-state index in [2.05, 4.69) is 11.3 Å². The molecule has 0 bridgehead atoms. The van der Waals surface area contributed by atoms with Crippen molar-refractivity contribution in [2.45, 2.75) is 19.3 Å². The fourth-order valence-corrected chi connectivity index (χ4v) is 0.871. The third-order valence-corrected chi connectivity index (χ3v) is 1.65. The molecule has 0 saturated carbocycles. The van der Waals surface area contributed by atoms with E-state index in [1.807, 2.05) is 0 Å². The highest BCUT2D eigenvalue weighted by molar-refractivity contribution is 5.78. The van der Waals surface area contributed by atoms with Crippen LogP contribution in [-0.2, 0) is 9.53 Å². The highest BCUT2D eigenvalue weighted by Gasteiger charge is 2.30. The molecule has 0 aliphatic carbocycles. The first-order chi connectivity index (χ1) is 7.67. The molecule has 0 aromatic heterocycles. The van der Waals surface area contributed by atoms with Crippen LogP contribution in [0.3, 0.4) is 0 Å². The van der Waals surface area contributed by atoms with Gasteiger partial charge in [-0.15, -0.1) is 13.2 Å². The summed E-state index contributed by atoms with van der Waals surface area (Å²) in [4.78, 5) is 10.5. The van der Waals surface area contributed by atoms with E-state index in [0.29, 0.717) is 0 Å². The summed E-state index contributed by atoms with van der Waals surface area (Å²) in [5, 5.41) is 8.59. The van der Waals surface area contributed by atoms with E-state index in [4.69, 9.17) is 10.8 Å². The molecule has 0 saturated heterocycles. The molecule has 96 valence electrons. The van der Waals surface area contributed by atoms with Crippen molar-refractivity contribution in [3.8, 4) is 0 Å². The predicted octanol–water partition coefficient (Wildman–Crippen LogP) is 1.95. The van der Waals surface area contributed by atoms with Crippen LogP contribution >= 0.6 is 0 Å². The van der Waals surface area contributed by atoms with Crippen LogP contribution in [0.4, 0.5) is 13.2 Å². The number of alkyl halides is 3. The van der Waals surface area contributed by atoms with Crippen LogP contribution in [-0.4, -0.2) is 23.5 Å². The molecule has 1 atom stereocenters. The van der Waals surface area contributed by atoms with Gasteiger partial charge in [0.05, 0.1) is 0 Å². The molecule has 7 heteroatoms. The van der Waals surface area contributed by atoms with Crippen molar-refractivity contribution in [2.75, 3.05) is 0 Å².